The number of carbonyl (C=O) groups excluding carboxylic acids is 1. The molecular formula is C26H34FN3O2. The zero-order valence-electron chi connectivity index (χ0n) is 20.3. The molecule has 0 atom stereocenters. The minimum atomic E-state index is -0.553. The minimum Gasteiger partial charge on any atom is -0.378 e. The summed E-state index contributed by atoms with van der Waals surface area (Å²) in [7, 11) is 1.63. The van der Waals surface area contributed by atoms with Crippen LogP contribution in [-0.4, -0.2) is 23.8 Å². The van der Waals surface area contributed by atoms with Crippen LogP contribution in [0.3, 0.4) is 0 Å². The van der Waals surface area contributed by atoms with E-state index in [0.717, 1.165) is 27.8 Å². The van der Waals surface area contributed by atoms with Crippen LogP contribution in [0.1, 0.15) is 57.0 Å². The molecule has 0 radical (unpaired) electrons. The summed E-state index contributed by atoms with van der Waals surface area (Å²) in [5.74, 6) is -0.374. The molecule has 3 rings (SSSR count). The maximum Gasteiger partial charge on any atom is 0.229 e. The second-order valence-electron chi connectivity index (χ2n) is 8.58. The number of fused-ring (bicyclic) bond motifs is 1. The Bertz CT molecular complexity index is 1140. The van der Waals surface area contributed by atoms with Gasteiger partial charge >= 0.3 is 0 Å². The number of anilines is 1. The molecule has 0 saturated heterocycles. The molecule has 0 bridgehead atoms. The van der Waals surface area contributed by atoms with E-state index in [-0.39, 0.29) is 11.7 Å². The van der Waals surface area contributed by atoms with Crippen LogP contribution in [0, 0.1) is 30.5 Å². The summed E-state index contributed by atoms with van der Waals surface area (Å²) in [6.45, 7) is 13.7. The van der Waals surface area contributed by atoms with Crippen molar-refractivity contribution < 1.29 is 13.9 Å². The van der Waals surface area contributed by atoms with Gasteiger partial charge in [-0.25, -0.2) is 4.39 Å². The molecule has 1 amide bonds. The quantitative estimate of drug-likeness (QED) is 0.443. The molecule has 2 aromatic carbocycles. The van der Waals surface area contributed by atoms with E-state index in [4.69, 9.17) is 10.1 Å². The number of halogens is 1. The number of rotatable bonds is 5. The number of hydrogen-bond acceptors (Lipinski definition) is 3. The van der Waals surface area contributed by atoms with Crippen LogP contribution in [0.25, 0.3) is 16.6 Å². The van der Waals surface area contributed by atoms with E-state index in [1.807, 2.05) is 58.2 Å². The van der Waals surface area contributed by atoms with Gasteiger partial charge in [0.15, 0.2) is 0 Å². The Morgan fingerprint density at radius 2 is 1.84 bits per heavy atom. The molecule has 2 N–H and O–H groups in total. The van der Waals surface area contributed by atoms with Gasteiger partial charge in [-0.15, -0.1) is 0 Å². The Morgan fingerprint density at radius 1 is 1.19 bits per heavy atom. The summed E-state index contributed by atoms with van der Waals surface area (Å²) in [6.07, 6.45) is 1.23. The number of benzene rings is 2. The summed E-state index contributed by atoms with van der Waals surface area (Å²) < 4.78 is 21.3. The van der Waals surface area contributed by atoms with Crippen LogP contribution >= 0.6 is 0 Å². The standard InChI is InChI=1S/C24H28FN3O2.C2H6/c1-14-9-17(7-8-19(14)25)28-21-10-16(12-26)20(27-23(29)24(3,4)5)11-18(21)15(2)22(28)13-30-6;1-2/h7-12,26H,13H2,1-6H3,(H,27,29);1-2H3. The van der Waals surface area contributed by atoms with E-state index in [1.54, 1.807) is 26.2 Å². The normalized spacial score (nSPS) is 11.2. The molecule has 0 spiro atoms. The number of nitrogens with one attached hydrogen (secondary N) is 2. The smallest absolute Gasteiger partial charge is 0.229 e. The van der Waals surface area contributed by atoms with E-state index < -0.39 is 5.41 Å². The van der Waals surface area contributed by atoms with Crippen molar-refractivity contribution in [1.82, 2.24) is 4.57 Å². The van der Waals surface area contributed by atoms with E-state index in [1.165, 1.54) is 12.3 Å². The summed E-state index contributed by atoms with van der Waals surface area (Å²) in [4.78, 5) is 12.5. The monoisotopic (exact) mass is 439 g/mol. The second-order valence-corrected chi connectivity index (χ2v) is 8.58. The molecule has 1 heterocycles. The van der Waals surface area contributed by atoms with Gasteiger partial charge in [0.05, 0.1) is 23.5 Å². The van der Waals surface area contributed by atoms with Gasteiger partial charge in [0.1, 0.15) is 5.82 Å². The van der Waals surface area contributed by atoms with Gasteiger partial charge in [0.25, 0.3) is 0 Å². The molecule has 3 aromatic rings. The van der Waals surface area contributed by atoms with Crippen LogP contribution in [0.2, 0.25) is 0 Å². The number of amides is 1. The number of aryl methyl sites for hydroxylation is 2. The minimum absolute atomic E-state index is 0.117. The van der Waals surface area contributed by atoms with E-state index in [2.05, 4.69) is 5.32 Å². The summed E-state index contributed by atoms with van der Waals surface area (Å²) in [5.41, 5.74) is 4.84. The van der Waals surface area contributed by atoms with Gasteiger partial charge in [-0.2, -0.15) is 0 Å². The van der Waals surface area contributed by atoms with E-state index in [9.17, 15) is 9.18 Å². The molecule has 0 aliphatic carbocycles. The Morgan fingerprint density at radius 3 is 2.38 bits per heavy atom. The molecule has 0 unspecified atom stereocenters. The lowest BCUT2D eigenvalue weighted by Crippen LogP contribution is -2.28. The van der Waals surface area contributed by atoms with Gasteiger partial charge in [0.2, 0.25) is 5.91 Å². The van der Waals surface area contributed by atoms with Crippen molar-refractivity contribution in [1.29, 1.82) is 5.41 Å². The SMILES string of the molecule is CC.COCc1c(C)c2cc(NC(=O)C(C)(C)C)c(C=N)cc2n1-c1ccc(F)c(C)c1. The highest BCUT2D eigenvalue weighted by molar-refractivity contribution is 6.04. The first kappa shape index (κ1) is 25.3. The van der Waals surface area contributed by atoms with Crippen LogP contribution < -0.4 is 5.32 Å². The van der Waals surface area contributed by atoms with E-state index >= 15 is 0 Å². The molecule has 0 saturated carbocycles. The zero-order chi connectivity index (χ0) is 24.2. The van der Waals surface area contributed by atoms with Gasteiger partial charge in [-0.05, 0) is 55.3 Å². The topological polar surface area (TPSA) is 67.1 Å². The molecule has 5 nitrogen and oxygen atoms in total. The number of methoxy groups -OCH3 is 1. The molecule has 1 aromatic heterocycles. The highest BCUT2D eigenvalue weighted by Gasteiger charge is 2.23. The third-order valence-electron chi connectivity index (χ3n) is 5.28. The fraction of sp³-hybridized carbons (Fsp3) is 0.385. The van der Waals surface area contributed by atoms with Gasteiger partial charge in [-0.3, -0.25) is 4.79 Å². The molecule has 32 heavy (non-hydrogen) atoms. The lowest BCUT2D eigenvalue weighted by Gasteiger charge is -2.19. The lowest BCUT2D eigenvalue weighted by atomic mass is 9.95. The van der Waals surface area contributed by atoms with Crippen LogP contribution in [0.4, 0.5) is 10.1 Å². The van der Waals surface area contributed by atoms with Crippen molar-refractivity contribution in [3.8, 4) is 5.69 Å². The fourth-order valence-corrected chi connectivity index (χ4v) is 3.47. The van der Waals surface area contributed by atoms with Gasteiger partial charge in [-0.1, -0.05) is 34.6 Å². The lowest BCUT2D eigenvalue weighted by molar-refractivity contribution is -0.123. The Hall–Kier alpha value is -2.99. The number of nitrogens with zero attached hydrogens (tertiary/aromatic N) is 1. The van der Waals surface area contributed by atoms with Gasteiger partial charge in [0, 0.05) is 35.4 Å². The summed E-state index contributed by atoms with van der Waals surface area (Å²) >= 11 is 0. The van der Waals surface area contributed by atoms with Gasteiger partial charge < -0.3 is 20.0 Å². The largest absolute Gasteiger partial charge is 0.378 e. The molecule has 172 valence electrons. The number of carbonyl (C=O) groups is 1. The van der Waals surface area contributed by atoms with Crippen molar-refractivity contribution >= 4 is 28.7 Å². The fourth-order valence-electron chi connectivity index (χ4n) is 3.47. The molecule has 0 aliphatic rings. The predicted molar refractivity (Wildman–Crippen MR) is 131 cm³/mol. The maximum absolute atomic E-state index is 13.9. The summed E-state index contributed by atoms with van der Waals surface area (Å²) in [6, 6.07) is 8.77. The van der Waals surface area contributed by atoms with Crippen molar-refractivity contribution in [2.45, 2.75) is 55.1 Å². The first-order valence-corrected chi connectivity index (χ1v) is 10.8. The number of aromatic nitrogens is 1. The van der Waals surface area contributed by atoms with Crippen molar-refractivity contribution in [2.75, 3.05) is 12.4 Å². The first-order chi connectivity index (χ1) is 15.1. The Balaban J connectivity index is 0.00000176. The van der Waals surface area contributed by atoms with Crippen molar-refractivity contribution in [3.05, 3.63) is 58.5 Å². The third kappa shape index (κ3) is 4.91. The molecular weight excluding hydrogens is 405 g/mol. The number of ether oxygens (including phenoxy) is 1. The van der Waals surface area contributed by atoms with Crippen LogP contribution in [0.15, 0.2) is 30.3 Å². The van der Waals surface area contributed by atoms with Crippen LogP contribution in [-0.2, 0) is 16.1 Å². The Labute approximate surface area is 190 Å². The highest BCUT2D eigenvalue weighted by atomic mass is 19.1. The summed E-state index contributed by atoms with van der Waals surface area (Å²) in [5, 5.41) is 11.8. The van der Waals surface area contributed by atoms with Crippen LogP contribution in [0.5, 0.6) is 0 Å². The maximum atomic E-state index is 13.9. The zero-order valence-corrected chi connectivity index (χ0v) is 20.3. The second kappa shape index (κ2) is 10.1. The predicted octanol–water partition coefficient (Wildman–Crippen LogP) is 6.54. The number of hydrogen-bond donors (Lipinski definition) is 2. The average molecular weight is 440 g/mol. The van der Waals surface area contributed by atoms with Crippen molar-refractivity contribution in [2.24, 2.45) is 5.41 Å². The molecule has 6 heteroatoms. The van der Waals surface area contributed by atoms with Crippen molar-refractivity contribution in [3.63, 3.8) is 0 Å². The Kier molecular flexibility index (Phi) is 7.97. The van der Waals surface area contributed by atoms with E-state index in [0.29, 0.717) is 23.4 Å². The third-order valence-corrected chi connectivity index (χ3v) is 5.28. The molecule has 0 fully saturated rings. The molecule has 0 aliphatic heterocycles. The average Bonchev–Trinajstić information content (AvgIpc) is 3.01. The first-order valence-electron chi connectivity index (χ1n) is 10.8. The highest BCUT2D eigenvalue weighted by Crippen LogP contribution is 2.34.